The van der Waals surface area contributed by atoms with Crippen LogP contribution >= 0.6 is 0 Å². The van der Waals surface area contributed by atoms with Gasteiger partial charge in [0, 0.05) is 6.54 Å². The molecule has 1 spiro atoms. The Morgan fingerprint density at radius 3 is 2.81 bits per heavy atom. The van der Waals surface area contributed by atoms with Gasteiger partial charge < -0.3 is 10.6 Å². The summed E-state index contributed by atoms with van der Waals surface area (Å²) in [7, 11) is 0. The van der Waals surface area contributed by atoms with Crippen LogP contribution in [0.25, 0.3) is 0 Å². The molecular weight excluding hydrogens is 269 g/mol. The zero-order chi connectivity index (χ0) is 14.7. The molecule has 21 heavy (non-hydrogen) atoms. The maximum atomic E-state index is 13.5. The third-order valence-electron chi connectivity index (χ3n) is 4.70. The van der Waals surface area contributed by atoms with Crippen molar-refractivity contribution in [2.24, 2.45) is 5.41 Å². The number of benzene rings is 1. The Kier molecular flexibility index (Phi) is 4.22. The number of rotatable bonds is 3. The zero-order valence-corrected chi connectivity index (χ0v) is 12.2. The van der Waals surface area contributed by atoms with Crippen LogP contribution in [0.15, 0.2) is 24.3 Å². The molecule has 0 bridgehead atoms. The van der Waals surface area contributed by atoms with E-state index in [0.717, 1.165) is 26.2 Å². The summed E-state index contributed by atoms with van der Waals surface area (Å²) in [4.78, 5) is 14.3. The SMILES string of the molecule is O=C(CN1CCC2(CCNCC2)C1)Nc1ccccc1F. The van der Waals surface area contributed by atoms with E-state index in [-0.39, 0.29) is 17.4 Å². The van der Waals surface area contributed by atoms with E-state index in [4.69, 9.17) is 0 Å². The van der Waals surface area contributed by atoms with Gasteiger partial charge in [0.25, 0.3) is 0 Å². The summed E-state index contributed by atoms with van der Waals surface area (Å²) in [6, 6.07) is 6.28. The molecule has 4 nitrogen and oxygen atoms in total. The molecule has 0 atom stereocenters. The molecule has 1 aromatic carbocycles. The molecule has 0 aromatic heterocycles. The fraction of sp³-hybridized carbons (Fsp3) is 0.562. The Hall–Kier alpha value is -1.46. The number of anilines is 1. The summed E-state index contributed by atoms with van der Waals surface area (Å²) < 4.78 is 13.5. The Labute approximate surface area is 124 Å². The molecule has 2 heterocycles. The van der Waals surface area contributed by atoms with Gasteiger partial charge in [-0.2, -0.15) is 0 Å². The van der Waals surface area contributed by atoms with Gasteiger partial charge in [0.2, 0.25) is 5.91 Å². The highest BCUT2D eigenvalue weighted by Gasteiger charge is 2.39. The third-order valence-corrected chi connectivity index (χ3v) is 4.70. The van der Waals surface area contributed by atoms with E-state index in [1.54, 1.807) is 18.2 Å². The monoisotopic (exact) mass is 291 g/mol. The van der Waals surface area contributed by atoms with E-state index in [9.17, 15) is 9.18 Å². The van der Waals surface area contributed by atoms with Crippen molar-refractivity contribution < 1.29 is 9.18 Å². The maximum absolute atomic E-state index is 13.5. The van der Waals surface area contributed by atoms with E-state index < -0.39 is 0 Å². The van der Waals surface area contributed by atoms with Crippen molar-refractivity contribution in [3.63, 3.8) is 0 Å². The summed E-state index contributed by atoms with van der Waals surface area (Å²) in [5.74, 6) is -0.520. The second-order valence-corrected chi connectivity index (χ2v) is 6.24. The number of nitrogens with one attached hydrogen (secondary N) is 2. The summed E-state index contributed by atoms with van der Waals surface area (Å²) in [6.45, 7) is 4.46. The molecule has 2 N–H and O–H groups in total. The lowest BCUT2D eigenvalue weighted by molar-refractivity contribution is -0.117. The normalized spacial score (nSPS) is 21.6. The van der Waals surface area contributed by atoms with Crippen LogP contribution in [0, 0.1) is 11.2 Å². The second-order valence-electron chi connectivity index (χ2n) is 6.24. The molecule has 0 radical (unpaired) electrons. The summed E-state index contributed by atoms with van der Waals surface area (Å²) in [5.41, 5.74) is 0.655. The van der Waals surface area contributed by atoms with Gasteiger partial charge in [-0.05, 0) is 56.4 Å². The molecule has 2 aliphatic heterocycles. The average Bonchev–Trinajstić information content (AvgIpc) is 2.84. The zero-order valence-electron chi connectivity index (χ0n) is 12.2. The van der Waals surface area contributed by atoms with Crippen molar-refractivity contribution in [3.8, 4) is 0 Å². The second kappa shape index (κ2) is 6.12. The summed E-state index contributed by atoms with van der Waals surface area (Å²) in [5, 5.41) is 6.05. The number of hydrogen-bond acceptors (Lipinski definition) is 3. The Morgan fingerprint density at radius 1 is 1.29 bits per heavy atom. The highest BCUT2D eigenvalue weighted by Crippen LogP contribution is 2.38. The number of carbonyl (C=O) groups is 1. The number of hydrogen-bond donors (Lipinski definition) is 2. The molecule has 5 heteroatoms. The van der Waals surface area contributed by atoms with Gasteiger partial charge in [-0.3, -0.25) is 9.69 Å². The first-order chi connectivity index (χ1) is 10.2. The molecule has 3 rings (SSSR count). The van der Waals surface area contributed by atoms with Gasteiger partial charge >= 0.3 is 0 Å². The summed E-state index contributed by atoms with van der Waals surface area (Å²) >= 11 is 0. The van der Waals surface area contributed by atoms with Crippen molar-refractivity contribution in [1.29, 1.82) is 0 Å². The van der Waals surface area contributed by atoms with Crippen molar-refractivity contribution in [2.45, 2.75) is 19.3 Å². The van der Waals surface area contributed by atoms with Gasteiger partial charge in [0.05, 0.1) is 12.2 Å². The molecule has 0 unspecified atom stereocenters. The Bertz CT molecular complexity index is 514. The minimum absolute atomic E-state index is 0.133. The van der Waals surface area contributed by atoms with Crippen LogP contribution in [0.5, 0.6) is 0 Å². The highest BCUT2D eigenvalue weighted by molar-refractivity contribution is 5.92. The van der Waals surface area contributed by atoms with Crippen LogP contribution < -0.4 is 10.6 Å². The first-order valence-electron chi connectivity index (χ1n) is 7.64. The Morgan fingerprint density at radius 2 is 2.05 bits per heavy atom. The lowest BCUT2D eigenvalue weighted by Gasteiger charge is -2.33. The smallest absolute Gasteiger partial charge is 0.238 e. The molecule has 2 saturated heterocycles. The van der Waals surface area contributed by atoms with E-state index >= 15 is 0 Å². The van der Waals surface area contributed by atoms with Crippen LogP contribution in [-0.2, 0) is 4.79 Å². The average molecular weight is 291 g/mol. The number of amides is 1. The largest absolute Gasteiger partial charge is 0.322 e. The number of para-hydroxylation sites is 1. The molecule has 2 fully saturated rings. The number of nitrogens with zero attached hydrogens (tertiary/aromatic N) is 1. The predicted molar refractivity (Wildman–Crippen MR) is 80.6 cm³/mol. The Balaban J connectivity index is 1.53. The molecular formula is C16H22FN3O. The first-order valence-corrected chi connectivity index (χ1v) is 7.64. The predicted octanol–water partition coefficient (Wildman–Crippen LogP) is 1.84. The lowest BCUT2D eigenvalue weighted by atomic mass is 9.78. The fourth-order valence-electron chi connectivity index (χ4n) is 3.48. The van der Waals surface area contributed by atoms with E-state index in [2.05, 4.69) is 15.5 Å². The molecule has 1 amide bonds. The van der Waals surface area contributed by atoms with Gasteiger partial charge in [-0.15, -0.1) is 0 Å². The van der Waals surface area contributed by atoms with Crippen LogP contribution in [-0.4, -0.2) is 43.5 Å². The number of carbonyl (C=O) groups excluding carboxylic acids is 1. The molecule has 0 aliphatic carbocycles. The minimum Gasteiger partial charge on any atom is -0.322 e. The molecule has 114 valence electrons. The first kappa shape index (κ1) is 14.5. The van der Waals surface area contributed by atoms with Crippen molar-refractivity contribution in [1.82, 2.24) is 10.2 Å². The molecule has 0 saturated carbocycles. The topological polar surface area (TPSA) is 44.4 Å². The molecule has 2 aliphatic rings. The minimum atomic E-state index is -0.387. The number of piperidine rings is 1. The van der Waals surface area contributed by atoms with Crippen molar-refractivity contribution in [2.75, 3.05) is 38.0 Å². The van der Waals surface area contributed by atoms with Crippen molar-refractivity contribution >= 4 is 11.6 Å². The van der Waals surface area contributed by atoms with E-state index in [1.807, 2.05) is 0 Å². The van der Waals surface area contributed by atoms with Crippen LogP contribution in [0.1, 0.15) is 19.3 Å². The van der Waals surface area contributed by atoms with Gasteiger partial charge in [-0.1, -0.05) is 12.1 Å². The fourth-order valence-corrected chi connectivity index (χ4v) is 3.48. The highest BCUT2D eigenvalue weighted by atomic mass is 19.1. The van der Waals surface area contributed by atoms with Crippen LogP contribution in [0.2, 0.25) is 0 Å². The van der Waals surface area contributed by atoms with Gasteiger partial charge in [0.15, 0.2) is 0 Å². The number of halogens is 1. The standard InChI is InChI=1S/C16H22FN3O/c17-13-3-1-2-4-14(13)19-15(21)11-20-10-7-16(12-20)5-8-18-9-6-16/h1-4,18H,5-12H2,(H,19,21). The molecule has 1 aromatic rings. The van der Waals surface area contributed by atoms with Gasteiger partial charge in [0.1, 0.15) is 5.82 Å². The quantitative estimate of drug-likeness (QED) is 0.893. The van der Waals surface area contributed by atoms with Gasteiger partial charge in [-0.25, -0.2) is 4.39 Å². The van der Waals surface area contributed by atoms with E-state index in [1.165, 1.54) is 25.3 Å². The lowest BCUT2D eigenvalue weighted by Crippen LogP contribution is -2.40. The third kappa shape index (κ3) is 3.41. The number of likely N-dealkylation sites (tertiary alicyclic amines) is 1. The van der Waals surface area contributed by atoms with E-state index in [0.29, 0.717) is 12.0 Å². The van der Waals surface area contributed by atoms with Crippen molar-refractivity contribution in [3.05, 3.63) is 30.1 Å². The maximum Gasteiger partial charge on any atom is 0.238 e. The van der Waals surface area contributed by atoms with Crippen LogP contribution in [0.4, 0.5) is 10.1 Å². The summed E-state index contributed by atoms with van der Waals surface area (Å²) in [6.07, 6.45) is 3.55. The van der Waals surface area contributed by atoms with Crippen LogP contribution in [0.3, 0.4) is 0 Å².